The topological polar surface area (TPSA) is 64.6 Å². The van der Waals surface area contributed by atoms with Gasteiger partial charge in [-0.25, -0.2) is 0 Å². The van der Waals surface area contributed by atoms with E-state index in [-0.39, 0.29) is 18.7 Å². The van der Waals surface area contributed by atoms with E-state index >= 15 is 0 Å². The normalized spacial score (nSPS) is 11.5. The second kappa shape index (κ2) is 9.08. The van der Waals surface area contributed by atoms with Crippen LogP contribution in [0.5, 0.6) is 5.75 Å². The van der Waals surface area contributed by atoms with Crippen molar-refractivity contribution in [3.05, 3.63) is 64.7 Å². The molecule has 0 fully saturated rings. The second-order valence-corrected chi connectivity index (χ2v) is 5.92. The highest BCUT2D eigenvalue weighted by molar-refractivity contribution is 6.30. The molecule has 0 heterocycles. The fourth-order valence-corrected chi connectivity index (χ4v) is 2.54. The lowest BCUT2D eigenvalue weighted by Gasteiger charge is -2.18. The number of carbonyl (C=O) groups excluding carboxylic acids is 2. The number of rotatable bonds is 7. The molecule has 0 unspecified atom stereocenters. The van der Waals surface area contributed by atoms with Gasteiger partial charge < -0.3 is 14.8 Å². The maximum atomic E-state index is 12.4. The van der Waals surface area contributed by atoms with Crippen molar-refractivity contribution in [2.24, 2.45) is 0 Å². The first-order chi connectivity index (χ1) is 12.0. The van der Waals surface area contributed by atoms with Crippen molar-refractivity contribution < 1.29 is 19.1 Å². The summed E-state index contributed by atoms with van der Waals surface area (Å²) in [6.07, 6.45) is 0.227. The average Bonchev–Trinajstić information content (AvgIpc) is 2.61. The predicted molar refractivity (Wildman–Crippen MR) is 95.7 cm³/mol. The van der Waals surface area contributed by atoms with Crippen molar-refractivity contribution in [2.75, 3.05) is 14.2 Å². The van der Waals surface area contributed by atoms with Gasteiger partial charge in [0, 0.05) is 5.02 Å². The highest BCUT2D eigenvalue weighted by atomic mass is 35.5. The Kier molecular flexibility index (Phi) is 6.83. The molecule has 0 aromatic heterocycles. The van der Waals surface area contributed by atoms with Crippen molar-refractivity contribution in [3.63, 3.8) is 0 Å². The summed E-state index contributed by atoms with van der Waals surface area (Å²) in [5.41, 5.74) is 1.61. The molecule has 1 atom stereocenters. The van der Waals surface area contributed by atoms with E-state index in [0.717, 1.165) is 11.1 Å². The number of halogens is 1. The molecule has 1 N–H and O–H groups in total. The largest absolute Gasteiger partial charge is 0.497 e. The van der Waals surface area contributed by atoms with Crippen LogP contribution in [-0.2, 0) is 20.7 Å². The SMILES string of the molecule is COC(=O)C[C@H](NC(=O)Cc1cccc(OC)c1)c1ccc(Cl)cc1. The molecule has 1 amide bonds. The number of ether oxygens (including phenoxy) is 2. The van der Waals surface area contributed by atoms with E-state index in [1.54, 1.807) is 37.4 Å². The van der Waals surface area contributed by atoms with Gasteiger partial charge >= 0.3 is 5.97 Å². The molecule has 0 aliphatic carbocycles. The van der Waals surface area contributed by atoms with E-state index in [4.69, 9.17) is 21.1 Å². The number of hydrogen-bond donors (Lipinski definition) is 1. The third-order valence-electron chi connectivity index (χ3n) is 3.70. The van der Waals surface area contributed by atoms with E-state index in [1.807, 2.05) is 18.2 Å². The van der Waals surface area contributed by atoms with Crippen molar-refractivity contribution >= 4 is 23.5 Å². The van der Waals surface area contributed by atoms with Gasteiger partial charge in [0.15, 0.2) is 0 Å². The molecule has 0 spiro atoms. The number of carbonyl (C=O) groups is 2. The van der Waals surface area contributed by atoms with Crippen LogP contribution in [0.1, 0.15) is 23.6 Å². The van der Waals surface area contributed by atoms with Crippen LogP contribution in [0.2, 0.25) is 5.02 Å². The summed E-state index contributed by atoms with van der Waals surface area (Å²) < 4.78 is 9.88. The summed E-state index contributed by atoms with van der Waals surface area (Å²) >= 11 is 5.90. The molecular formula is C19H20ClNO4. The van der Waals surface area contributed by atoms with Gasteiger partial charge in [0.1, 0.15) is 5.75 Å². The Labute approximate surface area is 151 Å². The van der Waals surface area contributed by atoms with E-state index in [2.05, 4.69) is 5.32 Å². The van der Waals surface area contributed by atoms with E-state index in [9.17, 15) is 9.59 Å². The first-order valence-corrected chi connectivity index (χ1v) is 8.14. The number of hydrogen-bond acceptors (Lipinski definition) is 4. The molecule has 0 radical (unpaired) electrons. The maximum absolute atomic E-state index is 12.4. The smallest absolute Gasteiger partial charge is 0.307 e. The van der Waals surface area contributed by atoms with Gasteiger partial charge in [-0.2, -0.15) is 0 Å². The fourth-order valence-electron chi connectivity index (χ4n) is 2.41. The minimum atomic E-state index is -0.483. The molecule has 0 aliphatic heterocycles. The zero-order valence-corrected chi connectivity index (χ0v) is 14.9. The van der Waals surface area contributed by atoms with Gasteiger partial charge in [-0.3, -0.25) is 9.59 Å². The molecule has 0 bridgehead atoms. The van der Waals surface area contributed by atoms with Crippen molar-refractivity contribution in [2.45, 2.75) is 18.9 Å². The minimum Gasteiger partial charge on any atom is -0.497 e. The number of benzene rings is 2. The molecule has 132 valence electrons. The van der Waals surface area contributed by atoms with Gasteiger partial charge in [-0.15, -0.1) is 0 Å². The lowest BCUT2D eigenvalue weighted by atomic mass is 10.0. The number of esters is 1. The fraction of sp³-hybridized carbons (Fsp3) is 0.263. The summed E-state index contributed by atoms with van der Waals surface area (Å²) in [5.74, 6) is 0.0906. The Morgan fingerprint density at radius 1 is 1.12 bits per heavy atom. The first kappa shape index (κ1) is 18.8. The molecule has 2 aromatic carbocycles. The van der Waals surface area contributed by atoms with Gasteiger partial charge in [-0.1, -0.05) is 35.9 Å². The highest BCUT2D eigenvalue weighted by Crippen LogP contribution is 2.20. The maximum Gasteiger partial charge on any atom is 0.307 e. The standard InChI is InChI=1S/C19H20ClNO4/c1-24-16-5-3-4-13(10-16)11-18(22)21-17(12-19(23)25-2)14-6-8-15(20)9-7-14/h3-10,17H,11-12H2,1-2H3,(H,21,22)/t17-/m0/s1. The van der Waals surface area contributed by atoms with E-state index in [1.165, 1.54) is 7.11 Å². The van der Waals surface area contributed by atoms with E-state index in [0.29, 0.717) is 10.8 Å². The predicted octanol–water partition coefficient (Wildman–Crippen LogP) is 3.31. The van der Waals surface area contributed by atoms with Crippen LogP contribution in [0.4, 0.5) is 0 Å². The number of nitrogens with one attached hydrogen (secondary N) is 1. The Bertz CT molecular complexity index is 730. The summed E-state index contributed by atoms with van der Waals surface area (Å²) in [7, 11) is 2.89. The van der Waals surface area contributed by atoms with Crippen LogP contribution in [0.15, 0.2) is 48.5 Å². The Morgan fingerprint density at radius 3 is 2.48 bits per heavy atom. The first-order valence-electron chi connectivity index (χ1n) is 7.76. The molecular weight excluding hydrogens is 342 g/mol. The van der Waals surface area contributed by atoms with Crippen LogP contribution in [-0.4, -0.2) is 26.1 Å². The Hall–Kier alpha value is -2.53. The third kappa shape index (κ3) is 5.80. The molecule has 0 aliphatic rings. The molecule has 2 aromatic rings. The molecule has 0 saturated heterocycles. The van der Waals surface area contributed by atoms with Crippen LogP contribution < -0.4 is 10.1 Å². The summed E-state index contributed by atoms with van der Waals surface area (Å²) in [6.45, 7) is 0. The van der Waals surface area contributed by atoms with Crippen molar-refractivity contribution in [1.29, 1.82) is 0 Å². The van der Waals surface area contributed by atoms with Crippen LogP contribution in [0.3, 0.4) is 0 Å². The third-order valence-corrected chi connectivity index (χ3v) is 3.96. The quantitative estimate of drug-likeness (QED) is 0.768. The Morgan fingerprint density at radius 2 is 1.84 bits per heavy atom. The van der Waals surface area contributed by atoms with Gasteiger partial charge in [0.05, 0.1) is 33.1 Å². The van der Waals surface area contributed by atoms with Crippen molar-refractivity contribution in [1.82, 2.24) is 5.32 Å². The van der Waals surface area contributed by atoms with Crippen LogP contribution in [0.25, 0.3) is 0 Å². The zero-order chi connectivity index (χ0) is 18.2. The van der Waals surface area contributed by atoms with Crippen molar-refractivity contribution in [3.8, 4) is 5.75 Å². The summed E-state index contributed by atoms with van der Waals surface area (Å²) in [4.78, 5) is 24.1. The summed E-state index contributed by atoms with van der Waals surface area (Å²) in [6, 6.07) is 13.8. The minimum absolute atomic E-state index is 0.0436. The Balaban J connectivity index is 2.10. The molecule has 2 rings (SSSR count). The number of methoxy groups -OCH3 is 2. The zero-order valence-electron chi connectivity index (χ0n) is 14.1. The molecule has 25 heavy (non-hydrogen) atoms. The van der Waals surface area contributed by atoms with Crippen LogP contribution >= 0.6 is 11.6 Å². The molecule has 0 saturated carbocycles. The second-order valence-electron chi connectivity index (χ2n) is 5.48. The molecule has 5 nitrogen and oxygen atoms in total. The van der Waals surface area contributed by atoms with E-state index < -0.39 is 12.0 Å². The number of amides is 1. The highest BCUT2D eigenvalue weighted by Gasteiger charge is 2.19. The summed E-state index contributed by atoms with van der Waals surface area (Å²) in [5, 5.41) is 3.47. The average molecular weight is 362 g/mol. The lowest BCUT2D eigenvalue weighted by Crippen LogP contribution is -2.31. The van der Waals surface area contributed by atoms with Gasteiger partial charge in [-0.05, 0) is 35.4 Å². The molecule has 6 heteroatoms. The van der Waals surface area contributed by atoms with Gasteiger partial charge in [0.2, 0.25) is 5.91 Å². The lowest BCUT2D eigenvalue weighted by molar-refractivity contribution is -0.141. The monoisotopic (exact) mass is 361 g/mol. The van der Waals surface area contributed by atoms with Crippen LogP contribution in [0, 0.1) is 0 Å². The van der Waals surface area contributed by atoms with Gasteiger partial charge in [0.25, 0.3) is 0 Å².